The van der Waals surface area contributed by atoms with Gasteiger partial charge in [-0.25, -0.2) is 0 Å². The Morgan fingerprint density at radius 1 is 0.419 bits per heavy atom. The van der Waals surface area contributed by atoms with E-state index < -0.39 is 6.29 Å². The highest BCUT2D eigenvalue weighted by atomic mass is 16.7. The second-order valence-electron chi connectivity index (χ2n) is 12.6. The van der Waals surface area contributed by atoms with E-state index in [0.29, 0.717) is 12.8 Å². The van der Waals surface area contributed by atoms with E-state index in [-0.39, 0.29) is 11.9 Å². The van der Waals surface area contributed by atoms with Gasteiger partial charge in [0.1, 0.15) is 0 Å². The molecule has 0 heterocycles. The Morgan fingerprint density at radius 3 is 0.977 bits per heavy atom. The average Bonchev–Trinajstić information content (AvgIpc) is 2.98. The molecule has 0 rings (SSSR count). The van der Waals surface area contributed by atoms with Gasteiger partial charge in [-0.1, -0.05) is 147 Å². The standard InChI is InChI=1S/C39H72O4/c1-4-6-8-10-12-14-16-18-20-22-24-26-28-30-32-34-36-39(41)43-37(3)42-38(40)35-33-31-29-27-25-23-21-19-17-15-13-11-9-7-5-2/h21-24,37H,4-20,25-36H2,1-3H3/b23-21+,24-22+. The van der Waals surface area contributed by atoms with E-state index in [0.717, 1.165) is 51.4 Å². The molecule has 1 atom stereocenters. The first kappa shape index (κ1) is 41.4. The summed E-state index contributed by atoms with van der Waals surface area (Å²) in [6.07, 6.45) is 42.9. The SMILES string of the molecule is CCCCCCCCC/C=C/CCCCCCC(=O)OC(C)OC(=O)CCCCCC/C=C/CCCCCCCCCC. The molecule has 0 aliphatic carbocycles. The molecule has 0 N–H and O–H groups in total. The molecule has 4 heteroatoms. The molecular formula is C39H72O4. The summed E-state index contributed by atoms with van der Waals surface area (Å²) in [4.78, 5) is 24.1. The van der Waals surface area contributed by atoms with E-state index in [4.69, 9.17) is 9.47 Å². The van der Waals surface area contributed by atoms with Crippen LogP contribution in [0, 0.1) is 0 Å². The van der Waals surface area contributed by atoms with Crippen LogP contribution in [0.25, 0.3) is 0 Å². The average molecular weight is 605 g/mol. The van der Waals surface area contributed by atoms with Gasteiger partial charge < -0.3 is 9.47 Å². The van der Waals surface area contributed by atoms with Gasteiger partial charge in [-0.3, -0.25) is 9.59 Å². The highest BCUT2D eigenvalue weighted by molar-refractivity contribution is 5.71. The van der Waals surface area contributed by atoms with E-state index in [1.54, 1.807) is 6.92 Å². The smallest absolute Gasteiger partial charge is 0.308 e. The lowest BCUT2D eigenvalue weighted by Gasteiger charge is -2.14. The van der Waals surface area contributed by atoms with Crippen LogP contribution in [-0.2, 0) is 19.1 Å². The summed E-state index contributed by atoms with van der Waals surface area (Å²) >= 11 is 0. The van der Waals surface area contributed by atoms with Crippen LogP contribution in [0.2, 0.25) is 0 Å². The van der Waals surface area contributed by atoms with Crippen molar-refractivity contribution < 1.29 is 19.1 Å². The van der Waals surface area contributed by atoms with E-state index in [2.05, 4.69) is 38.2 Å². The van der Waals surface area contributed by atoms with Crippen molar-refractivity contribution in [3.8, 4) is 0 Å². The zero-order valence-corrected chi connectivity index (χ0v) is 29.0. The van der Waals surface area contributed by atoms with Crippen LogP contribution in [0.4, 0.5) is 0 Å². The molecule has 0 aliphatic heterocycles. The molecule has 43 heavy (non-hydrogen) atoms. The molecule has 1 unspecified atom stereocenters. The summed E-state index contributed by atoms with van der Waals surface area (Å²) in [6.45, 7) is 6.17. The molecule has 0 saturated carbocycles. The van der Waals surface area contributed by atoms with Crippen LogP contribution in [0.3, 0.4) is 0 Å². The van der Waals surface area contributed by atoms with Gasteiger partial charge in [-0.05, 0) is 64.2 Å². The van der Waals surface area contributed by atoms with Crippen LogP contribution >= 0.6 is 0 Å². The molecule has 0 radical (unpaired) electrons. The molecule has 0 fully saturated rings. The number of unbranched alkanes of at least 4 members (excludes halogenated alkanes) is 23. The van der Waals surface area contributed by atoms with E-state index in [9.17, 15) is 9.59 Å². The number of hydrogen-bond donors (Lipinski definition) is 0. The summed E-state index contributed by atoms with van der Waals surface area (Å²) in [5.74, 6) is -0.545. The molecule has 0 saturated heterocycles. The predicted molar refractivity (Wildman–Crippen MR) is 185 cm³/mol. The van der Waals surface area contributed by atoms with Crippen molar-refractivity contribution in [2.75, 3.05) is 0 Å². The number of rotatable bonds is 33. The molecule has 0 spiro atoms. The van der Waals surface area contributed by atoms with Gasteiger partial charge in [-0.15, -0.1) is 0 Å². The maximum absolute atomic E-state index is 12.1. The summed E-state index contributed by atoms with van der Waals surface area (Å²) in [5, 5.41) is 0. The van der Waals surface area contributed by atoms with Gasteiger partial charge in [0.05, 0.1) is 0 Å². The Balaban J connectivity index is 3.48. The number of hydrogen-bond acceptors (Lipinski definition) is 4. The summed E-state index contributed by atoms with van der Waals surface area (Å²) in [5.41, 5.74) is 0. The van der Waals surface area contributed by atoms with E-state index >= 15 is 0 Å². The Hall–Kier alpha value is -1.58. The van der Waals surface area contributed by atoms with Crippen LogP contribution in [0.5, 0.6) is 0 Å². The quantitative estimate of drug-likeness (QED) is 0.0323. The lowest BCUT2D eigenvalue weighted by molar-refractivity contribution is -0.184. The zero-order valence-electron chi connectivity index (χ0n) is 29.0. The first-order chi connectivity index (χ1) is 21.1. The van der Waals surface area contributed by atoms with Crippen molar-refractivity contribution in [1.82, 2.24) is 0 Å². The van der Waals surface area contributed by atoms with Gasteiger partial charge in [-0.2, -0.15) is 0 Å². The Labute approximate surface area is 268 Å². The zero-order chi connectivity index (χ0) is 31.5. The fourth-order valence-electron chi connectivity index (χ4n) is 5.37. The minimum absolute atomic E-state index is 0.273. The molecule has 0 amide bonds. The molecule has 0 aromatic heterocycles. The highest BCUT2D eigenvalue weighted by Gasteiger charge is 2.13. The summed E-state index contributed by atoms with van der Waals surface area (Å²) in [6, 6.07) is 0. The minimum Gasteiger partial charge on any atom is -0.425 e. The Bertz CT molecular complexity index is 654. The number of carbonyl (C=O) groups is 2. The summed E-state index contributed by atoms with van der Waals surface area (Å²) < 4.78 is 10.5. The first-order valence-electron chi connectivity index (χ1n) is 18.8. The Kier molecular flexibility index (Phi) is 33.6. The van der Waals surface area contributed by atoms with Crippen molar-refractivity contribution in [2.24, 2.45) is 0 Å². The van der Waals surface area contributed by atoms with Crippen molar-refractivity contribution in [3.63, 3.8) is 0 Å². The number of allylic oxidation sites excluding steroid dienone is 4. The van der Waals surface area contributed by atoms with Crippen LogP contribution in [-0.4, -0.2) is 18.2 Å². The fourth-order valence-corrected chi connectivity index (χ4v) is 5.37. The lowest BCUT2D eigenvalue weighted by atomic mass is 10.1. The van der Waals surface area contributed by atoms with Crippen LogP contribution < -0.4 is 0 Å². The predicted octanol–water partition coefficient (Wildman–Crippen LogP) is 12.9. The molecule has 4 nitrogen and oxygen atoms in total. The topological polar surface area (TPSA) is 52.6 Å². The van der Waals surface area contributed by atoms with Gasteiger partial charge in [0.25, 0.3) is 0 Å². The van der Waals surface area contributed by atoms with Crippen molar-refractivity contribution >= 4 is 11.9 Å². The van der Waals surface area contributed by atoms with Gasteiger partial charge in [0, 0.05) is 19.8 Å². The first-order valence-corrected chi connectivity index (χ1v) is 18.8. The molecule has 0 bridgehead atoms. The highest BCUT2D eigenvalue weighted by Crippen LogP contribution is 2.13. The number of carbonyl (C=O) groups excluding carboxylic acids is 2. The maximum atomic E-state index is 12.1. The fraction of sp³-hybridized carbons (Fsp3) is 0.846. The van der Waals surface area contributed by atoms with Crippen LogP contribution in [0.15, 0.2) is 24.3 Å². The van der Waals surface area contributed by atoms with Crippen molar-refractivity contribution in [1.29, 1.82) is 0 Å². The third-order valence-electron chi connectivity index (χ3n) is 8.13. The molecule has 0 aromatic rings. The van der Waals surface area contributed by atoms with Gasteiger partial charge in [0.2, 0.25) is 6.29 Å². The molecule has 0 aromatic carbocycles. The number of esters is 2. The molecule has 252 valence electrons. The van der Waals surface area contributed by atoms with E-state index in [1.165, 1.54) is 122 Å². The van der Waals surface area contributed by atoms with Gasteiger partial charge in [0.15, 0.2) is 0 Å². The monoisotopic (exact) mass is 605 g/mol. The summed E-state index contributed by atoms with van der Waals surface area (Å²) in [7, 11) is 0. The number of ether oxygens (including phenoxy) is 2. The molecular weight excluding hydrogens is 532 g/mol. The van der Waals surface area contributed by atoms with Gasteiger partial charge >= 0.3 is 11.9 Å². The Morgan fingerprint density at radius 2 is 0.674 bits per heavy atom. The second kappa shape index (κ2) is 34.9. The third-order valence-corrected chi connectivity index (χ3v) is 8.13. The van der Waals surface area contributed by atoms with Crippen LogP contribution in [0.1, 0.15) is 207 Å². The largest absolute Gasteiger partial charge is 0.425 e. The normalized spacial score (nSPS) is 12.3. The van der Waals surface area contributed by atoms with Crippen molar-refractivity contribution in [3.05, 3.63) is 24.3 Å². The second-order valence-corrected chi connectivity index (χ2v) is 12.6. The maximum Gasteiger partial charge on any atom is 0.308 e. The minimum atomic E-state index is -0.798. The third kappa shape index (κ3) is 34.8. The lowest BCUT2D eigenvalue weighted by Crippen LogP contribution is -2.21. The van der Waals surface area contributed by atoms with Crippen molar-refractivity contribution in [2.45, 2.75) is 213 Å². The molecule has 0 aliphatic rings. The van der Waals surface area contributed by atoms with E-state index in [1.807, 2.05) is 0 Å².